The highest BCUT2D eigenvalue weighted by Crippen LogP contribution is 2.32. The molecule has 1 aliphatic carbocycles. The lowest BCUT2D eigenvalue weighted by Crippen LogP contribution is -2.58. The highest BCUT2D eigenvalue weighted by atomic mass is 32.1. The van der Waals surface area contributed by atoms with Gasteiger partial charge in [0.05, 0.1) is 22.8 Å². The van der Waals surface area contributed by atoms with Crippen molar-refractivity contribution in [2.75, 3.05) is 33.4 Å². The maximum atomic E-state index is 13.8. The quantitative estimate of drug-likeness (QED) is 0.111. The number of carbonyl (C=O) groups excluding carboxylic acids is 4. The molecule has 4 amide bonds. The molecule has 0 bridgehead atoms. The Balaban J connectivity index is 1.63. The molecule has 1 aromatic rings. The number of hydroxylamine groups is 2. The molecule has 2 aliphatic rings. The molecule has 0 unspecified atom stereocenters. The molecule has 1 saturated heterocycles. The molecule has 0 radical (unpaired) electrons. The Bertz CT molecular complexity index is 1090. The van der Waals surface area contributed by atoms with Gasteiger partial charge < -0.3 is 20.2 Å². The van der Waals surface area contributed by atoms with Gasteiger partial charge in [-0.3, -0.25) is 24.4 Å². The summed E-state index contributed by atoms with van der Waals surface area (Å²) in [4.78, 5) is 66.2. The number of amides is 4. The average molecular weight is 595 g/mol. The molecule has 1 aliphatic heterocycles. The van der Waals surface area contributed by atoms with Gasteiger partial charge in [0.2, 0.25) is 18.2 Å². The van der Waals surface area contributed by atoms with Gasteiger partial charge >= 0.3 is 11.7 Å². The second-order valence-corrected chi connectivity index (χ2v) is 13.2. The van der Waals surface area contributed by atoms with Gasteiger partial charge in [-0.25, -0.2) is 5.06 Å². The van der Waals surface area contributed by atoms with Gasteiger partial charge in [-0.05, 0) is 30.6 Å². The minimum absolute atomic E-state index is 0.127. The Morgan fingerprint density at radius 2 is 1.83 bits per heavy atom. The van der Waals surface area contributed by atoms with Crippen LogP contribution in [0.3, 0.4) is 0 Å². The summed E-state index contributed by atoms with van der Waals surface area (Å²) in [5, 5.41) is 24.2. The maximum absolute atomic E-state index is 13.8. The van der Waals surface area contributed by atoms with Crippen LogP contribution in [0.15, 0.2) is 11.4 Å². The number of carbonyl (C=O) groups is 4. The highest BCUT2D eigenvalue weighted by molar-refractivity contribution is 7.13. The summed E-state index contributed by atoms with van der Waals surface area (Å²) in [6, 6.07) is 0.523. The van der Waals surface area contributed by atoms with Gasteiger partial charge in [-0.1, -0.05) is 57.8 Å². The number of hydrogen-bond donors (Lipinski definition) is 3. The summed E-state index contributed by atoms with van der Waals surface area (Å²) < 4.78 is 0.414. The molecule has 0 aromatic carbocycles. The van der Waals surface area contributed by atoms with E-state index >= 15 is 0 Å². The molecule has 1 aromatic heterocycles. The van der Waals surface area contributed by atoms with Crippen LogP contribution in [-0.4, -0.2) is 99.6 Å². The fraction of sp³-hybridized carbons (Fsp3) is 0.714. The monoisotopic (exact) mass is 594 g/mol. The number of nitrogens with one attached hydrogen (secondary N) is 1. The first-order chi connectivity index (χ1) is 19.3. The molecular formula is C28H44N5O7S+. The van der Waals surface area contributed by atoms with Gasteiger partial charge in [-0.15, -0.1) is 0 Å². The zero-order chi connectivity index (χ0) is 30.3. The van der Waals surface area contributed by atoms with E-state index in [1.165, 1.54) is 6.07 Å². The Labute approximate surface area is 245 Å². The third-order valence-electron chi connectivity index (χ3n) is 8.25. The van der Waals surface area contributed by atoms with E-state index in [1.807, 2.05) is 20.8 Å². The van der Waals surface area contributed by atoms with E-state index in [0.717, 1.165) is 37.0 Å². The van der Waals surface area contributed by atoms with Gasteiger partial charge in [0.25, 0.3) is 5.91 Å². The van der Waals surface area contributed by atoms with Crippen LogP contribution in [-0.2, 0) is 14.4 Å². The standard InChI is InChI=1S/C28H43N5O7S/c1-28(2,3)24(29-25(36)20(15-32(39)17-34)13-19-7-5-6-8-19)27(38)30(4)22-9-11-31(12-10-22)26(37)21-14-23(41-16-21)33(40)18-35/h14,16-17,19-20,22,24,35,39H,5-13,15,18H2,1-4H3/p+1/t20-,24-/m1/s1. The Hall–Kier alpha value is -2.90. The van der Waals surface area contributed by atoms with Crippen molar-refractivity contribution in [3.8, 4) is 0 Å². The molecule has 3 rings (SSSR count). The Morgan fingerprint density at radius 3 is 2.39 bits per heavy atom. The molecule has 12 nitrogen and oxygen atoms in total. The summed E-state index contributed by atoms with van der Waals surface area (Å²) in [6.45, 7) is 5.71. The third-order valence-corrected chi connectivity index (χ3v) is 9.18. The number of likely N-dealkylation sites (N-methyl/N-ethyl adjacent to an activating group) is 1. The minimum Gasteiger partial charge on any atom is -0.344 e. The van der Waals surface area contributed by atoms with Crippen LogP contribution in [0.2, 0.25) is 0 Å². The molecule has 1 saturated carbocycles. The van der Waals surface area contributed by atoms with Crippen LogP contribution in [0.1, 0.15) is 76.1 Å². The smallest absolute Gasteiger partial charge is 0.314 e. The first-order valence-corrected chi connectivity index (χ1v) is 15.1. The summed E-state index contributed by atoms with van der Waals surface area (Å²) in [5.41, 5.74) is -0.208. The molecular weight excluding hydrogens is 550 g/mol. The number of likely N-dealkylation sites (tertiary alicyclic amines) is 1. The van der Waals surface area contributed by atoms with E-state index in [-0.39, 0.29) is 41.7 Å². The Morgan fingerprint density at radius 1 is 1.20 bits per heavy atom. The van der Waals surface area contributed by atoms with E-state index in [2.05, 4.69) is 5.32 Å². The van der Waals surface area contributed by atoms with Crippen molar-refractivity contribution >= 4 is 40.5 Å². The molecule has 0 spiro atoms. The predicted octanol–water partition coefficient (Wildman–Crippen LogP) is 2.75. The zero-order valence-corrected chi connectivity index (χ0v) is 25.3. The SMILES string of the molecule is CN(C(=O)[C@@H](NC(=O)[C@H](CC1CCCC1)CN(O)C=O)C(C)(C)C)C1CCN(C(=O)c2csc([N+](=O)CO)c2)CC1. The van der Waals surface area contributed by atoms with Gasteiger partial charge in [0, 0.05) is 42.5 Å². The number of hydrogen-bond acceptors (Lipinski definition) is 8. The van der Waals surface area contributed by atoms with Crippen molar-refractivity contribution in [3.63, 3.8) is 0 Å². The fourth-order valence-electron chi connectivity index (χ4n) is 5.75. The van der Waals surface area contributed by atoms with E-state index in [0.29, 0.717) is 53.7 Å². The van der Waals surface area contributed by atoms with Crippen LogP contribution in [0.5, 0.6) is 0 Å². The van der Waals surface area contributed by atoms with E-state index in [4.69, 9.17) is 5.11 Å². The van der Waals surface area contributed by atoms with Crippen molar-refractivity contribution in [1.82, 2.24) is 20.2 Å². The summed E-state index contributed by atoms with van der Waals surface area (Å²) in [5.74, 6) is -1.07. The average Bonchev–Trinajstić information content (AvgIpc) is 3.66. The highest BCUT2D eigenvalue weighted by Gasteiger charge is 2.39. The predicted molar refractivity (Wildman–Crippen MR) is 152 cm³/mol. The minimum atomic E-state index is -0.820. The molecule has 228 valence electrons. The molecule has 2 fully saturated rings. The summed E-state index contributed by atoms with van der Waals surface area (Å²) in [7, 11) is 1.72. The Kier molecular flexibility index (Phi) is 11.4. The number of piperidine rings is 1. The fourth-order valence-corrected chi connectivity index (χ4v) is 6.54. The number of nitroso groups, excluding NO2 is 1. The molecule has 2 atom stereocenters. The lowest BCUT2D eigenvalue weighted by Gasteiger charge is -2.40. The largest absolute Gasteiger partial charge is 0.344 e. The second-order valence-electron chi connectivity index (χ2n) is 12.3. The molecule has 41 heavy (non-hydrogen) atoms. The number of aliphatic hydroxyl groups is 1. The molecule has 13 heteroatoms. The molecule has 3 N–H and O–H groups in total. The normalized spacial score (nSPS) is 18.0. The summed E-state index contributed by atoms with van der Waals surface area (Å²) in [6.07, 6.45) is 6.17. The third kappa shape index (κ3) is 8.55. The van der Waals surface area contributed by atoms with E-state index < -0.39 is 24.1 Å². The first-order valence-electron chi connectivity index (χ1n) is 14.3. The second kappa shape index (κ2) is 14.3. The zero-order valence-electron chi connectivity index (χ0n) is 24.5. The van der Waals surface area contributed by atoms with Crippen molar-refractivity contribution in [2.45, 2.75) is 77.8 Å². The van der Waals surface area contributed by atoms with Crippen LogP contribution in [0.4, 0.5) is 5.00 Å². The maximum Gasteiger partial charge on any atom is 0.314 e. The van der Waals surface area contributed by atoms with Crippen LogP contribution in [0, 0.1) is 22.2 Å². The number of aliphatic hydroxyl groups excluding tert-OH is 1. The molecule has 2 heterocycles. The van der Waals surface area contributed by atoms with Crippen LogP contribution < -0.4 is 5.32 Å². The lowest BCUT2D eigenvalue weighted by molar-refractivity contribution is -0.501. The van der Waals surface area contributed by atoms with Gasteiger partial charge in [-0.2, -0.15) is 0 Å². The summed E-state index contributed by atoms with van der Waals surface area (Å²) >= 11 is 1.09. The number of thiophene rings is 1. The van der Waals surface area contributed by atoms with Crippen molar-refractivity contribution in [2.24, 2.45) is 17.3 Å². The van der Waals surface area contributed by atoms with Crippen LogP contribution in [0.25, 0.3) is 0 Å². The topological polar surface area (TPSA) is 151 Å². The van der Waals surface area contributed by atoms with Gasteiger partial charge in [0.15, 0.2) is 0 Å². The van der Waals surface area contributed by atoms with E-state index in [9.17, 15) is 29.3 Å². The van der Waals surface area contributed by atoms with Crippen LogP contribution >= 0.6 is 11.3 Å². The number of nitrogens with zero attached hydrogens (tertiary/aromatic N) is 4. The van der Waals surface area contributed by atoms with Crippen molar-refractivity contribution in [1.29, 1.82) is 0 Å². The van der Waals surface area contributed by atoms with Gasteiger partial charge in [0.1, 0.15) is 6.04 Å². The lowest BCUT2D eigenvalue weighted by atomic mass is 9.84. The van der Waals surface area contributed by atoms with E-state index in [1.54, 1.807) is 22.2 Å². The first kappa shape index (κ1) is 32.6. The number of rotatable bonds is 12. The van der Waals surface area contributed by atoms with Crippen molar-refractivity contribution < 1.29 is 34.3 Å². The van der Waals surface area contributed by atoms with Crippen molar-refractivity contribution in [3.05, 3.63) is 21.9 Å².